The molecule has 1 aliphatic carbocycles. The molecule has 0 bridgehead atoms. The summed E-state index contributed by atoms with van der Waals surface area (Å²) >= 11 is 0. The van der Waals surface area contributed by atoms with Gasteiger partial charge in [-0.1, -0.05) is 6.07 Å². The van der Waals surface area contributed by atoms with Crippen LogP contribution < -0.4 is 21.1 Å². The molecule has 2 aromatic carbocycles. The third-order valence-electron chi connectivity index (χ3n) is 6.22. The highest BCUT2D eigenvalue weighted by Crippen LogP contribution is 2.34. The number of hydrogen-bond acceptors (Lipinski definition) is 6. The molecule has 11 heteroatoms. The van der Waals surface area contributed by atoms with E-state index in [4.69, 9.17) is 10.5 Å². The summed E-state index contributed by atoms with van der Waals surface area (Å²) in [4.78, 5) is 28.5. The number of anilines is 1. The number of ether oxygens (including phenoxy) is 2. The van der Waals surface area contributed by atoms with Gasteiger partial charge in [-0.15, -0.1) is 0 Å². The van der Waals surface area contributed by atoms with Gasteiger partial charge in [0.25, 0.3) is 0 Å². The van der Waals surface area contributed by atoms with Crippen molar-refractivity contribution in [3.05, 3.63) is 82.7 Å². The van der Waals surface area contributed by atoms with Crippen LogP contribution in [0.5, 0.6) is 11.5 Å². The molecule has 38 heavy (non-hydrogen) atoms. The number of alkyl carbamates (subject to hydrolysis) is 1. The molecule has 1 atom stereocenters. The number of methoxy groups -OCH3 is 1. The van der Waals surface area contributed by atoms with Crippen molar-refractivity contribution in [3.8, 4) is 11.5 Å². The summed E-state index contributed by atoms with van der Waals surface area (Å²) in [5.41, 5.74) is 7.65. The fourth-order valence-corrected chi connectivity index (χ4v) is 4.30. The average molecular weight is 529 g/mol. The first-order valence-electron chi connectivity index (χ1n) is 11.9. The fraction of sp³-hybridized carbons (Fsp3) is 0.296. The smallest absolute Gasteiger partial charge is 0.416 e. The minimum Gasteiger partial charge on any atom is -0.457 e. The summed E-state index contributed by atoms with van der Waals surface area (Å²) < 4.78 is 50.3. The second-order valence-electron chi connectivity index (χ2n) is 8.91. The Balaban J connectivity index is 1.44. The second-order valence-corrected chi connectivity index (χ2v) is 8.91. The number of nitrogens with one attached hydrogen (secondary N) is 2. The van der Waals surface area contributed by atoms with Crippen LogP contribution in [0.3, 0.4) is 0 Å². The number of aryl methyl sites for hydroxylation is 1. The van der Waals surface area contributed by atoms with Crippen LogP contribution in [0.15, 0.2) is 54.7 Å². The molecular weight excluding hydrogens is 501 g/mol. The number of benzene rings is 2. The van der Waals surface area contributed by atoms with Crippen molar-refractivity contribution in [2.45, 2.75) is 38.5 Å². The molecule has 0 saturated heterocycles. The molecule has 1 aliphatic rings. The predicted molar refractivity (Wildman–Crippen MR) is 133 cm³/mol. The molecule has 8 nitrogen and oxygen atoms in total. The van der Waals surface area contributed by atoms with Gasteiger partial charge in [0.05, 0.1) is 24.9 Å². The van der Waals surface area contributed by atoms with Crippen molar-refractivity contribution in [1.29, 1.82) is 0 Å². The summed E-state index contributed by atoms with van der Waals surface area (Å²) in [7, 11) is 1.27. The van der Waals surface area contributed by atoms with Gasteiger partial charge in [-0.05, 0) is 72.4 Å². The average Bonchev–Trinajstić information content (AvgIpc) is 2.90. The van der Waals surface area contributed by atoms with Crippen molar-refractivity contribution in [2.75, 3.05) is 12.4 Å². The van der Waals surface area contributed by atoms with Gasteiger partial charge in [0.1, 0.15) is 11.5 Å². The lowest BCUT2D eigenvalue weighted by molar-refractivity contribution is -0.137. The number of fused-ring (bicyclic) bond motifs is 1. The summed E-state index contributed by atoms with van der Waals surface area (Å²) in [5.74, 6) is 0.326. The molecule has 0 aliphatic heterocycles. The van der Waals surface area contributed by atoms with Gasteiger partial charge in [-0.2, -0.15) is 13.2 Å². The standard InChI is InChI=1S/C27H27F3N4O4/c1-37-26(36)33-15-22-13-24(6-7-32-22)38-23-5-4-17-2-3-18(10-19(17)11-23)25(35)34-21-9-16(14-31)8-20(12-21)27(28,29)30/h4-9,11-13,18H,2-3,10,14-15,31H2,1H3,(H,33,36)(H,34,35). The minimum absolute atomic E-state index is 0.0725. The Morgan fingerprint density at radius 3 is 2.61 bits per heavy atom. The van der Waals surface area contributed by atoms with E-state index in [0.717, 1.165) is 23.3 Å². The number of nitrogens with two attached hydrogens (primary N) is 1. The van der Waals surface area contributed by atoms with E-state index in [0.29, 0.717) is 36.5 Å². The van der Waals surface area contributed by atoms with Crippen molar-refractivity contribution >= 4 is 17.7 Å². The first-order valence-corrected chi connectivity index (χ1v) is 11.9. The number of halogens is 3. The SMILES string of the molecule is COC(=O)NCc1cc(Oc2ccc3c(c2)CC(C(=O)Nc2cc(CN)cc(C(F)(F)F)c2)CC3)ccn1. The Kier molecular flexibility index (Phi) is 8.16. The summed E-state index contributed by atoms with van der Waals surface area (Å²) in [6.07, 6.45) is -1.90. The third-order valence-corrected chi connectivity index (χ3v) is 6.22. The highest BCUT2D eigenvalue weighted by molar-refractivity contribution is 5.93. The van der Waals surface area contributed by atoms with E-state index in [1.807, 2.05) is 18.2 Å². The van der Waals surface area contributed by atoms with Crippen molar-refractivity contribution < 1.29 is 32.2 Å². The summed E-state index contributed by atoms with van der Waals surface area (Å²) in [6, 6.07) is 12.4. The zero-order valence-electron chi connectivity index (χ0n) is 20.6. The molecule has 1 heterocycles. The minimum atomic E-state index is -4.54. The quantitative estimate of drug-likeness (QED) is 0.400. The lowest BCUT2D eigenvalue weighted by atomic mass is 9.83. The molecule has 0 fully saturated rings. The number of amides is 2. The summed E-state index contributed by atoms with van der Waals surface area (Å²) in [6.45, 7) is 0.0939. The first kappa shape index (κ1) is 26.9. The topological polar surface area (TPSA) is 116 Å². The van der Waals surface area contributed by atoms with Crippen LogP contribution in [0.2, 0.25) is 0 Å². The van der Waals surface area contributed by atoms with Crippen LogP contribution in [-0.4, -0.2) is 24.1 Å². The second kappa shape index (κ2) is 11.5. The maximum absolute atomic E-state index is 13.3. The van der Waals surface area contributed by atoms with E-state index in [9.17, 15) is 22.8 Å². The van der Waals surface area contributed by atoms with Gasteiger partial charge >= 0.3 is 12.3 Å². The van der Waals surface area contributed by atoms with E-state index < -0.39 is 23.8 Å². The van der Waals surface area contributed by atoms with Gasteiger partial charge in [-0.3, -0.25) is 9.78 Å². The number of nitrogens with zero attached hydrogens (tertiary/aromatic N) is 1. The van der Waals surface area contributed by atoms with Crippen LogP contribution in [-0.2, 0) is 41.6 Å². The van der Waals surface area contributed by atoms with Crippen LogP contribution in [0.1, 0.15) is 34.4 Å². The van der Waals surface area contributed by atoms with E-state index >= 15 is 0 Å². The molecular formula is C27H27F3N4O4. The molecule has 4 rings (SSSR count). The third kappa shape index (κ3) is 6.80. The Hall–Kier alpha value is -4.12. The van der Waals surface area contributed by atoms with Crippen molar-refractivity contribution in [3.63, 3.8) is 0 Å². The number of pyridine rings is 1. The molecule has 0 radical (unpaired) electrons. The zero-order chi connectivity index (χ0) is 27.3. The molecule has 3 aromatic rings. The first-order chi connectivity index (χ1) is 18.1. The molecule has 1 aromatic heterocycles. The van der Waals surface area contributed by atoms with Crippen LogP contribution >= 0.6 is 0 Å². The van der Waals surface area contributed by atoms with E-state index in [-0.39, 0.29) is 30.2 Å². The summed E-state index contributed by atoms with van der Waals surface area (Å²) in [5, 5.41) is 5.19. The molecule has 4 N–H and O–H groups in total. The van der Waals surface area contributed by atoms with Crippen molar-refractivity contribution in [2.24, 2.45) is 11.7 Å². The van der Waals surface area contributed by atoms with Gasteiger partial charge in [0.15, 0.2) is 0 Å². The van der Waals surface area contributed by atoms with Crippen LogP contribution in [0.4, 0.5) is 23.7 Å². The Labute approximate surface area is 217 Å². The monoisotopic (exact) mass is 528 g/mol. The Morgan fingerprint density at radius 1 is 1.08 bits per heavy atom. The highest BCUT2D eigenvalue weighted by atomic mass is 19.4. The number of alkyl halides is 3. The maximum Gasteiger partial charge on any atom is 0.416 e. The number of carbonyl (C=O) groups excluding carboxylic acids is 2. The number of carbonyl (C=O) groups is 2. The molecule has 2 amide bonds. The highest BCUT2D eigenvalue weighted by Gasteiger charge is 2.32. The van der Waals surface area contributed by atoms with Crippen LogP contribution in [0, 0.1) is 5.92 Å². The largest absolute Gasteiger partial charge is 0.457 e. The molecule has 0 saturated carbocycles. The Morgan fingerprint density at radius 2 is 1.87 bits per heavy atom. The van der Waals surface area contributed by atoms with Gasteiger partial charge in [-0.25, -0.2) is 4.79 Å². The maximum atomic E-state index is 13.3. The van der Waals surface area contributed by atoms with Crippen LogP contribution in [0.25, 0.3) is 0 Å². The predicted octanol–water partition coefficient (Wildman–Crippen LogP) is 4.95. The molecule has 1 unspecified atom stereocenters. The zero-order valence-corrected chi connectivity index (χ0v) is 20.6. The van der Waals surface area contributed by atoms with E-state index in [1.165, 1.54) is 13.2 Å². The molecule has 0 spiro atoms. The fourth-order valence-electron chi connectivity index (χ4n) is 4.30. The Bertz CT molecular complexity index is 1330. The number of aromatic nitrogens is 1. The lowest BCUT2D eigenvalue weighted by Gasteiger charge is -2.25. The van der Waals surface area contributed by atoms with Gasteiger partial charge < -0.3 is 25.8 Å². The van der Waals surface area contributed by atoms with E-state index in [1.54, 1.807) is 18.3 Å². The van der Waals surface area contributed by atoms with Gasteiger partial charge in [0.2, 0.25) is 5.91 Å². The van der Waals surface area contributed by atoms with Gasteiger partial charge in [0, 0.05) is 30.4 Å². The molecule has 200 valence electrons. The van der Waals surface area contributed by atoms with Crippen molar-refractivity contribution in [1.82, 2.24) is 10.3 Å². The lowest BCUT2D eigenvalue weighted by Crippen LogP contribution is -2.28. The van der Waals surface area contributed by atoms with E-state index in [2.05, 4.69) is 20.4 Å². The number of rotatable bonds is 7. The number of hydrogen-bond donors (Lipinski definition) is 3. The normalized spacial score (nSPS) is 14.8.